The highest BCUT2D eigenvalue weighted by molar-refractivity contribution is 5.59. The van der Waals surface area contributed by atoms with Crippen LogP contribution in [0.2, 0.25) is 0 Å². The van der Waals surface area contributed by atoms with Gasteiger partial charge in [0.1, 0.15) is 0 Å². The molecule has 0 amide bonds. The predicted octanol–water partition coefficient (Wildman–Crippen LogP) is 2.13. The molecule has 0 aliphatic rings. The molecule has 102 valence electrons. The Morgan fingerprint density at radius 2 is 2.26 bits per heavy atom. The van der Waals surface area contributed by atoms with Crippen LogP contribution in [0.15, 0.2) is 12.1 Å². The van der Waals surface area contributed by atoms with Gasteiger partial charge in [0.05, 0.1) is 24.5 Å². The van der Waals surface area contributed by atoms with E-state index in [2.05, 4.69) is 4.98 Å². The maximum Gasteiger partial charge on any atom is 0.311 e. The lowest BCUT2D eigenvalue weighted by atomic mass is 10.2. The minimum atomic E-state index is -0.483. The number of nitrogens with zero attached hydrogens (tertiary/aromatic N) is 4. The quantitative estimate of drug-likeness (QED) is 0.577. The minimum absolute atomic E-state index is 0.00773. The number of nitro groups is 1. The number of nitriles is 1. The molecule has 1 aromatic rings. The molecule has 0 fully saturated rings. The van der Waals surface area contributed by atoms with Gasteiger partial charge in [0, 0.05) is 24.7 Å². The summed E-state index contributed by atoms with van der Waals surface area (Å²) in [6.07, 6.45) is 0.272. The summed E-state index contributed by atoms with van der Waals surface area (Å²) in [4.78, 5) is 16.4. The van der Waals surface area contributed by atoms with Crippen LogP contribution in [0.1, 0.15) is 20.3 Å². The van der Waals surface area contributed by atoms with E-state index in [1.165, 1.54) is 19.2 Å². The van der Waals surface area contributed by atoms with E-state index in [-0.39, 0.29) is 24.0 Å². The van der Waals surface area contributed by atoms with Gasteiger partial charge in [-0.25, -0.2) is 0 Å². The Labute approximate surface area is 111 Å². The lowest BCUT2D eigenvalue weighted by Gasteiger charge is -2.26. The summed E-state index contributed by atoms with van der Waals surface area (Å²) >= 11 is 0. The molecule has 0 saturated heterocycles. The van der Waals surface area contributed by atoms with Crippen LogP contribution in [0, 0.1) is 21.4 Å². The zero-order valence-corrected chi connectivity index (χ0v) is 11.2. The molecule has 1 aromatic heterocycles. The van der Waals surface area contributed by atoms with Crippen molar-refractivity contribution >= 4 is 11.5 Å². The normalized spacial score (nSPS) is 10.1. The lowest BCUT2D eigenvalue weighted by molar-refractivity contribution is -0.384. The summed E-state index contributed by atoms with van der Waals surface area (Å²) in [7, 11) is 1.45. The average Bonchev–Trinajstić information content (AvgIpc) is 2.38. The Morgan fingerprint density at radius 3 is 2.74 bits per heavy atom. The van der Waals surface area contributed by atoms with Crippen LogP contribution in [0.5, 0.6) is 5.88 Å². The van der Waals surface area contributed by atoms with E-state index in [1.54, 1.807) is 4.90 Å². The molecule has 0 bridgehead atoms. The van der Waals surface area contributed by atoms with Gasteiger partial charge < -0.3 is 9.64 Å². The summed E-state index contributed by atoms with van der Waals surface area (Å²) in [6.45, 7) is 4.17. The third-order valence-corrected chi connectivity index (χ3v) is 2.59. The Balaban J connectivity index is 3.25. The molecular weight excluding hydrogens is 248 g/mol. The molecule has 1 heterocycles. The standard InChI is InChI=1S/C12H16N4O3/c1-9(2)15(8-4-7-13)12-10(16(17)18)5-6-11(14-12)19-3/h5-6,9H,4,8H2,1-3H3. The maximum atomic E-state index is 11.1. The molecule has 19 heavy (non-hydrogen) atoms. The maximum absolute atomic E-state index is 11.1. The molecule has 0 unspecified atom stereocenters. The van der Waals surface area contributed by atoms with E-state index in [9.17, 15) is 10.1 Å². The summed E-state index contributed by atoms with van der Waals surface area (Å²) in [6, 6.07) is 4.83. The van der Waals surface area contributed by atoms with Gasteiger partial charge in [-0.1, -0.05) is 0 Å². The second kappa shape index (κ2) is 6.54. The van der Waals surface area contributed by atoms with Crippen molar-refractivity contribution in [1.29, 1.82) is 5.26 Å². The number of ether oxygens (including phenoxy) is 1. The number of pyridine rings is 1. The van der Waals surface area contributed by atoms with Gasteiger partial charge in [0.2, 0.25) is 11.7 Å². The summed E-state index contributed by atoms with van der Waals surface area (Å²) in [5.74, 6) is 0.540. The van der Waals surface area contributed by atoms with Crippen molar-refractivity contribution in [3.63, 3.8) is 0 Å². The van der Waals surface area contributed by atoms with Crippen molar-refractivity contribution in [2.45, 2.75) is 26.3 Å². The van der Waals surface area contributed by atoms with Crippen molar-refractivity contribution < 1.29 is 9.66 Å². The molecule has 0 spiro atoms. The van der Waals surface area contributed by atoms with Gasteiger partial charge in [0.15, 0.2) is 0 Å². The molecule has 0 aliphatic heterocycles. The van der Waals surface area contributed by atoms with E-state index in [0.29, 0.717) is 12.4 Å². The highest BCUT2D eigenvalue weighted by atomic mass is 16.6. The topological polar surface area (TPSA) is 92.3 Å². The Kier molecular flexibility index (Phi) is 5.06. The Bertz CT molecular complexity index is 496. The van der Waals surface area contributed by atoms with E-state index < -0.39 is 4.92 Å². The van der Waals surface area contributed by atoms with E-state index >= 15 is 0 Å². The molecular formula is C12H16N4O3. The summed E-state index contributed by atoms with van der Waals surface area (Å²) < 4.78 is 5.00. The van der Waals surface area contributed by atoms with Crippen LogP contribution >= 0.6 is 0 Å². The first-order valence-corrected chi connectivity index (χ1v) is 5.84. The highest BCUT2D eigenvalue weighted by Crippen LogP contribution is 2.29. The number of anilines is 1. The molecule has 0 aliphatic carbocycles. The van der Waals surface area contributed by atoms with Gasteiger partial charge in [-0.05, 0) is 13.8 Å². The van der Waals surface area contributed by atoms with E-state index in [0.717, 1.165) is 0 Å². The molecule has 0 radical (unpaired) electrons. The summed E-state index contributed by atoms with van der Waals surface area (Å²) in [5, 5.41) is 19.7. The first-order chi connectivity index (χ1) is 9.01. The first-order valence-electron chi connectivity index (χ1n) is 5.84. The highest BCUT2D eigenvalue weighted by Gasteiger charge is 2.23. The molecule has 0 aromatic carbocycles. The van der Waals surface area contributed by atoms with Gasteiger partial charge in [-0.15, -0.1) is 0 Å². The molecule has 7 nitrogen and oxygen atoms in total. The average molecular weight is 264 g/mol. The zero-order chi connectivity index (χ0) is 14.4. The third kappa shape index (κ3) is 3.55. The lowest BCUT2D eigenvalue weighted by Crippen LogP contribution is -2.33. The molecule has 0 N–H and O–H groups in total. The fraction of sp³-hybridized carbons (Fsp3) is 0.500. The molecule has 7 heteroatoms. The fourth-order valence-electron chi connectivity index (χ4n) is 1.67. The first kappa shape index (κ1) is 14.7. The van der Waals surface area contributed by atoms with Crippen molar-refractivity contribution in [2.75, 3.05) is 18.6 Å². The Morgan fingerprint density at radius 1 is 1.58 bits per heavy atom. The van der Waals surface area contributed by atoms with Crippen LogP contribution in [0.4, 0.5) is 11.5 Å². The van der Waals surface area contributed by atoms with Crippen molar-refractivity contribution in [1.82, 2.24) is 4.98 Å². The molecule has 0 saturated carbocycles. The number of hydrogen-bond acceptors (Lipinski definition) is 6. The zero-order valence-electron chi connectivity index (χ0n) is 11.2. The fourth-order valence-corrected chi connectivity index (χ4v) is 1.67. The number of aromatic nitrogens is 1. The van der Waals surface area contributed by atoms with Crippen LogP contribution in [0.25, 0.3) is 0 Å². The minimum Gasteiger partial charge on any atom is -0.481 e. The number of hydrogen-bond donors (Lipinski definition) is 0. The van der Waals surface area contributed by atoms with Crippen LogP contribution in [-0.4, -0.2) is 29.6 Å². The van der Waals surface area contributed by atoms with Gasteiger partial charge in [0.25, 0.3) is 0 Å². The van der Waals surface area contributed by atoms with Crippen molar-refractivity contribution in [3.05, 3.63) is 22.2 Å². The van der Waals surface area contributed by atoms with Crippen molar-refractivity contribution in [2.24, 2.45) is 0 Å². The van der Waals surface area contributed by atoms with Crippen LogP contribution in [0.3, 0.4) is 0 Å². The molecule has 0 atom stereocenters. The van der Waals surface area contributed by atoms with Gasteiger partial charge in [-0.3, -0.25) is 10.1 Å². The van der Waals surface area contributed by atoms with Gasteiger partial charge >= 0.3 is 5.69 Å². The van der Waals surface area contributed by atoms with Gasteiger partial charge in [-0.2, -0.15) is 10.2 Å². The van der Waals surface area contributed by atoms with E-state index in [4.69, 9.17) is 10.00 Å². The van der Waals surface area contributed by atoms with E-state index in [1.807, 2.05) is 19.9 Å². The Hall–Kier alpha value is -2.36. The van der Waals surface area contributed by atoms with Crippen molar-refractivity contribution in [3.8, 4) is 11.9 Å². The monoisotopic (exact) mass is 264 g/mol. The van der Waals surface area contributed by atoms with Crippen LogP contribution < -0.4 is 9.64 Å². The second-order valence-electron chi connectivity index (χ2n) is 4.15. The predicted molar refractivity (Wildman–Crippen MR) is 70.2 cm³/mol. The SMILES string of the molecule is COc1ccc([N+](=O)[O-])c(N(CCC#N)C(C)C)n1. The second-order valence-corrected chi connectivity index (χ2v) is 4.15. The largest absolute Gasteiger partial charge is 0.481 e. The van der Waals surface area contributed by atoms with Crippen LogP contribution in [-0.2, 0) is 0 Å². The third-order valence-electron chi connectivity index (χ3n) is 2.59. The molecule has 1 rings (SSSR count). The number of rotatable bonds is 6. The smallest absolute Gasteiger partial charge is 0.311 e. The number of methoxy groups -OCH3 is 1. The summed E-state index contributed by atoms with van der Waals surface area (Å²) in [5.41, 5.74) is -0.0903.